The van der Waals surface area contributed by atoms with Crippen molar-refractivity contribution in [2.75, 3.05) is 13.2 Å². The Hall–Kier alpha value is -3.43. The first-order chi connectivity index (χ1) is 16.0. The lowest BCUT2D eigenvalue weighted by Crippen LogP contribution is -2.49. The molecule has 1 saturated carbocycles. The molecule has 0 radical (unpaired) electrons. The number of amides is 3. The number of para-hydroxylation sites is 1. The van der Waals surface area contributed by atoms with E-state index in [-0.39, 0.29) is 18.4 Å². The topological polar surface area (TPSA) is 124 Å². The first kappa shape index (κ1) is 22.8. The van der Waals surface area contributed by atoms with Crippen LogP contribution in [0.4, 0.5) is 4.79 Å². The van der Waals surface area contributed by atoms with Crippen molar-refractivity contribution in [1.29, 1.82) is 0 Å². The summed E-state index contributed by atoms with van der Waals surface area (Å²) in [6, 6.07) is 6.71. The number of aromatic nitrogens is 2. The zero-order valence-electron chi connectivity index (χ0n) is 18.8. The molecule has 2 heterocycles. The lowest BCUT2D eigenvalue weighted by atomic mass is 9.75. The molecule has 10 nitrogen and oxygen atoms in total. The molecule has 2 aromatic rings. The summed E-state index contributed by atoms with van der Waals surface area (Å²) in [4.78, 5) is 42.8. The number of benzene rings is 1. The Morgan fingerprint density at radius 1 is 1.24 bits per heavy atom. The van der Waals surface area contributed by atoms with Gasteiger partial charge in [-0.3, -0.25) is 14.5 Å². The van der Waals surface area contributed by atoms with Crippen LogP contribution in [0.5, 0.6) is 5.75 Å². The average Bonchev–Trinajstić information content (AvgIpc) is 3.38. The number of hydrogen-bond acceptors (Lipinski definition) is 8. The van der Waals surface area contributed by atoms with Gasteiger partial charge in [-0.25, -0.2) is 4.79 Å². The third-order valence-electron chi connectivity index (χ3n) is 6.32. The van der Waals surface area contributed by atoms with Crippen LogP contribution in [0.3, 0.4) is 0 Å². The number of esters is 1. The SMILES string of the molecule is CCOc1ccccc1-c1noc(COC(=O)CN2C(=O)NC3(CCC(CC)CC3)C2=O)n1. The number of nitrogens with one attached hydrogen (secondary N) is 1. The molecule has 1 saturated heterocycles. The van der Waals surface area contributed by atoms with Crippen LogP contribution >= 0.6 is 0 Å². The fraction of sp³-hybridized carbons (Fsp3) is 0.522. The predicted octanol–water partition coefficient (Wildman–Crippen LogP) is 3.07. The number of carbonyl (C=O) groups is 3. The molecule has 2 aliphatic rings. The zero-order valence-corrected chi connectivity index (χ0v) is 18.8. The van der Waals surface area contributed by atoms with Gasteiger partial charge >= 0.3 is 12.0 Å². The van der Waals surface area contributed by atoms with Crippen molar-refractivity contribution < 1.29 is 28.4 Å². The molecule has 1 aromatic carbocycles. The van der Waals surface area contributed by atoms with Crippen molar-refractivity contribution >= 4 is 17.9 Å². The number of nitrogens with zero attached hydrogens (tertiary/aromatic N) is 3. The van der Waals surface area contributed by atoms with E-state index in [1.807, 2.05) is 19.1 Å². The number of hydrogen-bond donors (Lipinski definition) is 1. The fourth-order valence-corrected chi connectivity index (χ4v) is 4.41. The molecule has 0 unspecified atom stereocenters. The molecule has 0 atom stereocenters. The van der Waals surface area contributed by atoms with E-state index >= 15 is 0 Å². The van der Waals surface area contributed by atoms with Crippen molar-refractivity contribution in [2.24, 2.45) is 5.92 Å². The Bertz CT molecular complexity index is 1030. The van der Waals surface area contributed by atoms with Crippen LogP contribution in [0.15, 0.2) is 28.8 Å². The van der Waals surface area contributed by atoms with Gasteiger partial charge < -0.3 is 19.3 Å². The molecule has 0 bridgehead atoms. The van der Waals surface area contributed by atoms with E-state index in [0.29, 0.717) is 42.5 Å². The first-order valence-electron chi connectivity index (χ1n) is 11.3. The third-order valence-corrected chi connectivity index (χ3v) is 6.32. The monoisotopic (exact) mass is 456 g/mol. The maximum absolute atomic E-state index is 12.9. The quantitative estimate of drug-likeness (QED) is 0.475. The van der Waals surface area contributed by atoms with E-state index in [1.165, 1.54) is 0 Å². The van der Waals surface area contributed by atoms with Crippen molar-refractivity contribution in [3.05, 3.63) is 30.2 Å². The van der Waals surface area contributed by atoms with Crippen LogP contribution in [-0.4, -0.2) is 51.6 Å². The molecule has 33 heavy (non-hydrogen) atoms. The first-order valence-corrected chi connectivity index (χ1v) is 11.3. The summed E-state index contributed by atoms with van der Waals surface area (Å²) in [5.74, 6) is 0.503. The maximum Gasteiger partial charge on any atom is 0.326 e. The molecule has 1 aliphatic heterocycles. The van der Waals surface area contributed by atoms with Gasteiger partial charge in [-0.05, 0) is 50.7 Å². The molecule has 1 spiro atoms. The molecule has 10 heteroatoms. The highest BCUT2D eigenvalue weighted by Crippen LogP contribution is 2.37. The van der Waals surface area contributed by atoms with E-state index in [4.69, 9.17) is 14.0 Å². The predicted molar refractivity (Wildman–Crippen MR) is 116 cm³/mol. The largest absolute Gasteiger partial charge is 0.493 e. The van der Waals surface area contributed by atoms with E-state index in [1.54, 1.807) is 12.1 Å². The summed E-state index contributed by atoms with van der Waals surface area (Å²) in [5, 5.41) is 6.73. The van der Waals surface area contributed by atoms with Crippen LogP contribution in [-0.2, 0) is 20.9 Å². The lowest BCUT2D eigenvalue weighted by Gasteiger charge is -2.34. The summed E-state index contributed by atoms with van der Waals surface area (Å²) in [6.07, 6.45) is 4.01. The van der Waals surface area contributed by atoms with E-state index in [0.717, 1.165) is 24.2 Å². The van der Waals surface area contributed by atoms with Gasteiger partial charge in [0.2, 0.25) is 5.82 Å². The molecule has 1 N–H and O–H groups in total. The summed E-state index contributed by atoms with van der Waals surface area (Å²) in [7, 11) is 0. The van der Waals surface area contributed by atoms with Gasteiger partial charge in [-0.2, -0.15) is 4.98 Å². The number of urea groups is 1. The average molecular weight is 456 g/mol. The minimum Gasteiger partial charge on any atom is -0.493 e. The van der Waals surface area contributed by atoms with Crippen molar-refractivity contribution in [2.45, 2.75) is 58.1 Å². The van der Waals surface area contributed by atoms with Crippen molar-refractivity contribution in [3.63, 3.8) is 0 Å². The van der Waals surface area contributed by atoms with Crippen LogP contribution in [0.25, 0.3) is 11.4 Å². The minimum absolute atomic E-state index is 0.0937. The van der Waals surface area contributed by atoms with Gasteiger partial charge in [0.15, 0.2) is 6.61 Å². The fourth-order valence-electron chi connectivity index (χ4n) is 4.41. The summed E-state index contributed by atoms with van der Waals surface area (Å²) < 4.78 is 15.9. The smallest absolute Gasteiger partial charge is 0.326 e. The molecule has 1 aromatic heterocycles. The van der Waals surface area contributed by atoms with Crippen LogP contribution < -0.4 is 10.1 Å². The second-order valence-electron chi connectivity index (χ2n) is 8.36. The molecular weight excluding hydrogens is 428 g/mol. The summed E-state index contributed by atoms with van der Waals surface area (Å²) in [6.45, 7) is 3.77. The third kappa shape index (κ3) is 4.69. The molecule has 2 fully saturated rings. The van der Waals surface area contributed by atoms with E-state index in [9.17, 15) is 14.4 Å². The standard InChI is InChI=1S/C23H28N4O6/c1-3-15-9-11-23(12-10-15)21(29)27(22(30)25-23)13-19(28)32-14-18-24-20(26-33-18)16-7-5-6-8-17(16)31-4-2/h5-8,15H,3-4,9-14H2,1-2H3,(H,25,30). The Morgan fingerprint density at radius 2 is 2.00 bits per heavy atom. The Labute approximate surface area is 191 Å². The Kier molecular flexibility index (Phi) is 6.62. The zero-order chi connectivity index (χ0) is 23.4. The molecular formula is C23H28N4O6. The highest BCUT2D eigenvalue weighted by atomic mass is 16.6. The number of imide groups is 1. The van der Waals surface area contributed by atoms with Gasteiger partial charge in [0.05, 0.1) is 12.2 Å². The molecule has 176 valence electrons. The minimum atomic E-state index is -0.891. The summed E-state index contributed by atoms with van der Waals surface area (Å²) >= 11 is 0. The van der Waals surface area contributed by atoms with Crippen LogP contribution in [0.1, 0.15) is 51.8 Å². The molecule has 3 amide bonds. The lowest BCUT2D eigenvalue weighted by molar-refractivity contribution is -0.149. The number of ether oxygens (including phenoxy) is 2. The Balaban J connectivity index is 1.33. The normalized spacial score (nSPS) is 22.5. The van der Waals surface area contributed by atoms with Gasteiger partial charge in [0.25, 0.3) is 11.8 Å². The van der Waals surface area contributed by atoms with E-state index in [2.05, 4.69) is 22.4 Å². The van der Waals surface area contributed by atoms with Crippen LogP contribution in [0, 0.1) is 5.92 Å². The van der Waals surface area contributed by atoms with Gasteiger partial charge in [-0.15, -0.1) is 0 Å². The number of rotatable bonds is 8. The molecule has 1 aliphatic carbocycles. The second kappa shape index (κ2) is 9.60. The second-order valence-corrected chi connectivity index (χ2v) is 8.36. The van der Waals surface area contributed by atoms with Crippen molar-refractivity contribution in [1.82, 2.24) is 20.4 Å². The van der Waals surface area contributed by atoms with E-state index < -0.39 is 24.1 Å². The maximum atomic E-state index is 12.9. The van der Waals surface area contributed by atoms with Gasteiger partial charge in [0.1, 0.15) is 17.8 Å². The van der Waals surface area contributed by atoms with Crippen molar-refractivity contribution in [3.8, 4) is 17.1 Å². The van der Waals surface area contributed by atoms with Gasteiger partial charge in [-0.1, -0.05) is 30.6 Å². The summed E-state index contributed by atoms with van der Waals surface area (Å²) in [5.41, 5.74) is -0.235. The Morgan fingerprint density at radius 3 is 2.73 bits per heavy atom. The molecule has 4 rings (SSSR count). The number of carbonyl (C=O) groups excluding carboxylic acids is 3. The van der Waals surface area contributed by atoms with Crippen LogP contribution in [0.2, 0.25) is 0 Å². The van der Waals surface area contributed by atoms with Gasteiger partial charge in [0, 0.05) is 0 Å². The highest BCUT2D eigenvalue weighted by Gasteiger charge is 2.52. The highest BCUT2D eigenvalue weighted by molar-refractivity contribution is 6.08.